The number of fused-ring (bicyclic) bond motifs is 2. The first-order valence-electron chi connectivity index (χ1n) is 7.86. The van der Waals surface area contributed by atoms with Gasteiger partial charge in [0.2, 0.25) is 5.95 Å². The minimum atomic E-state index is -0.104. The second-order valence-electron chi connectivity index (χ2n) is 6.24. The zero-order chi connectivity index (χ0) is 16.1. The molecule has 1 aliphatic carbocycles. The number of rotatable bonds is 3. The standard InChI is InChI=1S/C15H19ClN6O/c1-7(12-9-3-2-4-10(9)20-21-12)22-5-8(6-23)11-13(16)18-15(17)19-14(11)22/h7-8,23H,2-6H2,1H3,(H,20,21)(H2,17,18,19). The Morgan fingerprint density at radius 2 is 2.26 bits per heavy atom. The Morgan fingerprint density at radius 1 is 1.43 bits per heavy atom. The normalized spacial score (nSPS) is 20.7. The van der Waals surface area contributed by atoms with Gasteiger partial charge in [-0.1, -0.05) is 11.6 Å². The van der Waals surface area contributed by atoms with Gasteiger partial charge in [-0.25, -0.2) is 4.98 Å². The molecule has 4 N–H and O–H groups in total. The van der Waals surface area contributed by atoms with Crippen molar-refractivity contribution in [3.63, 3.8) is 0 Å². The van der Waals surface area contributed by atoms with Crippen molar-refractivity contribution in [3.8, 4) is 0 Å². The molecule has 0 saturated carbocycles. The molecule has 0 aromatic carbocycles. The number of aliphatic hydroxyl groups is 1. The second kappa shape index (κ2) is 5.35. The molecule has 3 heterocycles. The van der Waals surface area contributed by atoms with Crippen LogP contribution in [0.15, 0.2) is 0 Å². The van der Waals surface area contributed by atoms with Crippen LogP contribution in [0.5, 0.6) is 0 Å². The van der Waals surface area contributed by atoms with E-state index in [1.807, 2.05) is 0 Å². The van der Waals surface area contributed by atoms with Crippen molar-refractivity contribution in [3.05, 3.63) is 27.7 Å². The van der Waals surface area contributed by atoms with Gasteiger partial charge in [-0.3, -0.25) is 5.10 Å². The Balaban J connectivity index is 1.76. The largest absolute Gasteiger partial charge is 0.396 e. The summed E-state index contributed by atoms with van der Waals surface area (Å²) in [7, 11) is 0. The fourth-order valence-corrected chi connectivity index (χ4v) is 4.09. The number of anilines is 2. The zero-order valence-electron chi connectivity index (χ0n) is 12.9. The highest BCUT2D eigenvalue weighted by Crippen LogP contribution is 2.43. The maximum atomic E-state index is 9.70. The van der Waals surface area contributed by atoms with Crippen molar-refractivity contribution in [2.24, 2.45) is 0 Å². The van der Waals surface area contributed by atoms with Crippen LogP contribution in [0.25, 0.3) is 0 Å². The number of aliphatic hydroxyl groups excluding tert-OH is 1. The van der Waals surface area contributed by atoms with Crippen LogP contribution < -0.4 is 10.6 Å². The third kappa shape index (κ3) is 2.18. The average Bonchev–Trinajstić information content (AvgIpc) is 3.19. The fourth-order valence-electron chi connectivity index (χ4n) is 3.76. The van der Waals surface area contributed by atoms with E-state index < -0.39 is 0 Å². The predicted octanol–water partition coefficient (Wildman–Crippen LogP) is 1.58. The maximum absolute atomic E-state index is 9.70. The van der Waals surface area contributed by atoms with Crippen LogP contribution in [-0.4, -0.2) is 38.4 Å². The minimum absolute atomic E-state index is 0.00188. The van der Waals surface area contributed by atoms with Gasteiger partial charge in [0.05, 0.1) is 18.3 Å². The molecular formula is C15H19ClN6O. The number of nitrogens with two attached hydrogens (primary N) is 1. The first-order valence-corrected chi connectivity index (χ1v) is 8.24. The van der Waals surface area contributed by atoms with E-state index in [0.29, 0.717) is 17.5 Å². The van der Waals surface area contributed by atoms with Crippen LogP contribution in [-0.2, 0) is 12.8 Å². The van der Waals surface area contributed by atoms with Crippen molar-refractivity contribution < 1.29 is 5.11 Å². The van der Waals surface area contributed by atoms with E-state index in [1.165, 1.54) is 17.7 Å². The number of nitrogens with zero attached hydrogens (tertiary/aromatic N) is 4. The van der Waals surface area contributed by atoms with Gasteiger partial charge in [0.15, 0.2) is 0 Å². The highest BCUT2D eigenvalue weighted by molar-refractivity contribution is 6.30. The van der Waals surface area contributed by atoms with Crippen LogP contribution >= 0.6 is 11.6 Å². The van der Waals surface area contributed by atoms with Crippen molar-refractivity contribution in [2.45, 2.75) is 38.1 Å². The summed E-state index contributed by atoms with van der Waals surface area (Å²) in [5.41, 5.74) is 10.2. The van der Waals surface area contributed by atoms with E-state index in [9.17, 15) is 5.11 Å². The lowest BCUT2D eigenvalue weighted by Crippen LogP contribution is -2.28. The number of aryl methyl sites for hydroxylation is 1. The molecule has 4 rings (SSSR count). The third-order valence-electron chi connectivity index (χ3n) is 4.92. The Kier molecular flexibility index (Phi) is 3.42. The molecule has 0 spiro atoms. The van der Waals surface area contributed by atoms with Crippen molar-refractivity contribution in [1.29, 1.82) is 0 Å². The molecule has 0 radical (unpaired) electrons. The first-order chi connectivity index (χ1) is 11.1. The number of aromatic nitrogens is 4. The average molecular weight is 335 g/mol. The van der Waals surface area contributed by atoms with Crippen molar-refractivity contribution in [2.75, 3.05) is 23.8 Å². The van der Waals surface area contributed by atoms with E-state index in [-0.39, 0.29) is 24.5 Å². The highest BCUT2D eigenvalue weighted by atomic mass is 35.5. The number of H-pyrrole nitrogens is 1. The molecule has 7 nitrogen and oxygen atoms in total. The highest BCUT2D eigenvalue weighted by Gasteiger charge is 2.37. The Bertz CT molecular complexity index is 761. The van der Waals surface area contributed by atoms with E-state index in [4.69, 9.17) is 17.3 Å². The smallest absolute Gasteiger partial charge is 0.223 e. The molecule has 2 aliphatic rings. The molecule has 8 heteroatoms. The van der Waals surface area contributed by atoms with Gasteiger partial charge >= 0.3 is 0 Å². The summed E-state index contributed by atoms with van der Waals surface area (Å²) >= 11 is 6.25. The van der Waals surface area contributed by atoms with E-state index >= 15 is 0 Å². The van der Waals surface area contributed by atoms with Gasteiger partial charge in [-0.15, -0.1) is 0 Å². The van der Waals surface area contributed by atoms with Crippen molar-refractivity contribution in [1.82, 2.24) is 20.2 Å². The van der Waals surface area contributed by atoms with Crippen molar-refractivity contribution >= 4 is 23.4 Å². The summed E-state index contributed by atoms with van der Waals surface area (Å²) in [6, 6.07) is 0.0359. The number of nitrogen functional groups attached to an aromatic ring is 1. The molecule has 122 valence electrons. The molecule has 23 heavy (non-hydrogen) atoms. The molecule has 0 amide bonds. The van der Waals surface area contributed by atoms with Crippen LogP contribution in [0.1, 0.15) is 47.8 Å². The lowest BCUT2D eigenvalue weighted by molar-refractivity contribution is 0.269. The third-order valence-corrected chi connectivity index (χ3v) is 5.20. The molecule has 2 aromatic heterocycles. The summed E-state index contributed by atoms with van der Waals surface area (Å²) < 4.78 is 0. The van der Waals surface area contributed by atoms with Crippen LogP contribution in [0.2, 0.25) is 5.15 Å². The predicted molar refractivity (Wildman–Crippen MR) is 87.7 cm³/mol. The number of nitrogens with one attached hydrogen (secondary N) is 1. The monoisotopic (exact) mass is 334 g/mol. The quantitative estimate of drug-likeness (QED) is 0.736. The van der Waals surface area contributed by atoms with E-state index in [1.54, 1.807) is 0 Å². The van der Waals surface area contributed by atoms with Gasteiger partial charge in [-0.2, -0.15) is 10.1 Å². The summed E-state index contributed by atoms with van der Waals surface area (Å²) in [6.45, 7) is 2.74. The molecule has 2 aromatic rings. The Morgan fingerprint density at radius 3 is 3.04 bits per heavy atom. The number of hydrogen-bond acceptors (Lipinski definition) is 6. The SMILES string of the molecule is CC(c1n[nH]c2c1CCC2)N1CC(CO)c2c(Cl)nc(N)nc21. The topological polar surface area (TPSA) is 104 Å². The summed E-state index contributed by atoms with van der Waals surface area (Å²) in [6.07, 6.45) is 3.29. The molecular weight excluding hydrogens is 316 g/mol. The Labute approximate surface area is 138 Å². The summed E-state index contributed by atoms with van der Waals surface area (Å²) in [5, 5.41) is 17.7. The second-order valence-corrected chi connectivity index (χ2v) is 6.60. The zero-order valence-corrected chi connectivity index (χ0v) is 13.6. The van der Waals surface area contributed by atoms with Gasteiger partial charge in [0.1, 0.15) is 11.0 Å². The van der Waals surface area contributed by atoms with E-state index in [2.05, 4.69) is 32.0 Å². The summed E-state index contributed by atoms with van der Waals surface area (Å²) in [5.74, 6) is 0.758. The number of aromatic amines is 1. The minimum Gasteiger partial charge on any atom is -0.396 e. The van der Waals surface area contributed by atoms with Gasteiger partial charge in [-0.05, 0) is 31.7 Å². The molecule has 2 atom stereocenters. The van der Waals surface area contributed by atoms with E-state index in [0.717, 1.165) is 24.1 Å². The maximum Gasteiger partial charge on any atom is 0.223 e. The molecule has 2 unspecified atom stereocenters. The van der Waals surface area contributed by atoms with Gasteiger partial charge in [0, 0.05) is 23.7 Å². The van der Waals surface area contributed by atoms with Crippen LogP contribution in [0.3, 0.4) is 0 Å². The Hall–Kier alpha value is -1.86. The number of hydrogen-bond donors (Lipinski definition) is 3. The van der Waals surface area contributed by atoms with Crippen LogP contribution in [0, 0.1) is 0 Å². The lowest BCUT2D eigenvalue weighted by Gasteiger charge is -2.26. The van der Waals surface area contributed by atoms with Crippen LogP contribution in [0.4, 0.5) is 11.8 Å². The van der Waals surface area contributed by atoms with Gasteiger partial charge in [0.25, 0.3) is 0 Å². The molecule has 1 aliphatic heterocycles. The molecule has 0 fully saturated rings. The number of halogens is 1. The lowest BCUT2D eigenvalue weighted by atomic mass is 10.1. The van der Waals surface area contributed by atoms with Gasteiger partial charge < -0.3 is 15.7 Å². The summed E-state index contributed by atoms with van der Waals surface area (Å²) in [4.78, 5) is 10.5. The molecule has 0 bridgehead atoms. The fraction of sp³-hybridized carbons (Fsp3) is 0.533. The molecule has 0 saturated heterocycles. The first kappa shape index (κ1) is 14.7.